The average Bonchev–Trinajstić information content (AvgIpc) is 2.79. The summed E-state index contributed by atoms with van der Waals surface area (Å²) in [5.74, 6) is 0.401. The highest BCUT2D eigenvalue weighted by Crippen LogP contribution is 2.37. The summed E-state index contributed by atoms with van der Waals surface area (Å²) in [6.07, 6.45) is -1.45. The van der Waals surface area contributed by atoms with E-state index in [-0.39, 0.29) is 11.8 Å². The Bertz CT molecular complexity index is 1190. The second-order valence-corrected chi connectivity index (χ2v) is 8.52. The summed E-state index contributed by atoms with van der Waals surface area (Å²) in [7, 11) is 0. The quantitative estimate of drug-likeness (QED) is 0.486. The van der Waals surface area contributed by atoms with Crippen molar-refractivity contribution in [3.63, 3.8) is 0 Å². The van der Waals surface area contributed by atoms with Gasteiger partial charge in [-0.2, -0.15) is 0 Å². The number of hydrogen-bond donors (Lipinski definition) is 1. The van der Waals surface area contributed by atoms with Gasteiger partial charge in [-0.3, -0.25) is 9.59 Å². The first-order valence-corrected chi connectivity index (χ1v) is 11.2. The Morgan fingerprint density at radius 3 is 2.61 bits per heavy atom. The lowest BCUT2D eigenvalue weighted by Crippen LogP contribution is -2.44. The summed E-state index contributed by atoms with van der Waals surface area (Å²) < 4.78 is 11.5. The summed E-state index contributed by atoms with van der Waals surface area (Å²) in [6, 6.07) is 19.7. The van der Waals surface area contributed by atoms with Crippen LogP contribution in [0.2, 0.25) is 10.0 Å². The van der Waals surface area contributed by atoms with Crippen LogP contribution in [0.3, 0.4) is 0 Å². The van der Waals surface area contributed by atoms with Crippen LogP contribution < -0.4 is 19.7 Å². The number of benzene rings is 3. The van der Waals surface area contributed by atoms with Crippen molar-refractivity contribution in [3.05, 3.63) is 82.3 Å². The Balaban J connectivity index is 1.49. The van der Waals surface area contributed by atoms with Crippen LogP contribution in [-0.2, 0) is 16.1 Å². The lowest BCUT2D eigenvalue weighted by Gasteiger charge is -2.33. The van der Waals surface area contributed by atoms with Crippen LogP contribution in [0.4, 0.5) is 11.4 Å². The van der Waals surface area contributed by atoms with Gasteiger partial charge in [-0.15, -0.1) is 0 Å². The van der Waals surface area contributed by atoms with Crippen molar-refractivity contribution in [1.29, 1.82) is 0 Å². The fourth-order valence-corrected chi connectivity index (χ4v) is 3.93. The molecule has 1 aliphatic rings. The molecule has 0 aliphatic carbocycles. The summed E-state index contributed by atoms with van der Waals surface area (Å²) in [4.78, 5) is 27.1. The second-order valence-electron chi connectivity index (χ2n) is 7.68. The lowest BCUT2D eigenvalue weighted by molar-refractivity contribution is -0.125. The van der Waals surface area contributed by atoms with Gasteiger partial charge in [-0.05, 0) is 49.7 Å². The zero-order valence-electron chi connectivity index (χ0n) is 18.0. The highest BCUT2D eigenvalue weighted by Gasteiger charge is 2.32. The molecule has 2 unspecified atom stereocenters. The minimum Gasteiger partial charge on any atom is -0.479 e. The highest BCUT2D eigenvalue weighted by atomic mass is 35.5. The molecule has 3 aromatic rings. The van der Waals surface area contributed by atoms with Gasteiger partial charge >= 0.3 is 0 Å². The fourth-order valence-electron chi connectivity index (χ4n) is 3.48. The molecule has 0 saturated heterocycles. The molecule has 0 bridgehead atoms. The average molecular weight is 485 g/mol. The Hall–Kier alpha value is -3.22. The molecule has 1 N–H and O–H groups in total. The lowest BCUT2D eigenvalue weighted by atomic mass is 10.1. The maximum absolute atomic E-state index is 12.8. The first-order valence-electron chi connectivity index (χ1n) is 10.4. The van der Waals surface area contributed by atoms with E-state index in [9.17, 15) is 9.59 Å². The smallest absolute Gasteiger partial charge is 0.268 e. The van der Waals surface area contributed by atoms with E-state index in [1.165, 1.54) is 0 Å². The van der Waals surface area contributed by atoms with Crippen LogP contribution in [-0.4, -0.2) is 24.0 Å². The van der Waals surface area contributed by atoms with Gasteiger partial charge < -0.3 is 19.7 Å². The molecule has 2 amide bonds. The number of rotatable bonds is 6. The molecule has 0 fully saturated rings. The van der Waals surface area contributed by atoms with Crippen molar-refractivity contribution in [2.24, 2.45) is 0 Å². The standard InChI is InChI=1S/C25H22Cl2N2O4/c1-15(32-22-11-8-18(26)12-20(22)27)24(30)28-19-9-10-21-23(13-19)33-16(2)25(31)29(21)14-17-6-4-3-5-7-17/h3-13,15-16H,14H2,1-2H3,(H,28,30). The summed E-state index contributed by atoms with van der Waals surface area (Å²) >= 11 is 12.0. The number of ether oxygens (including phenoxy) is 2. The van der Waals surface area contributed by atoms with Crippen molar-refractivity contribution >= 4 is 46.4 Å². The van der Waals surface area contributed by atoms with Crippen LogP contribution in [0, 0.1) is 0 Å². The van der Waals surface area contributed by atoms with Crippen LogP contribution in [0.5, 0.6) is 11.5 Å². The third-order valence-corrected chi connectivity index (χ3v) is 5.72. The summed E-state index contributed by atoms with van der Waals surface area (Å²) in [6.45, 7) is 3.76. The number of carbonyl (C=O) groups is 2. The number of nitrogens with one attached hydrogen (secondary N) is 1. The molecule has 8 heteroatoms. The van der Waals surface area contributed by atoms with E-state index in [1.54, 1.807) is 55.1 Å². The molecule has 2 atom stereocenters. The minimum absolute atomic E-state index is 0.120. The topological polar surface area (TPSA) is 67.9 Å². The highest BCUT2D eigenvalue weighted by molar-refractivity contribution is 6.35. The zero-order valence-corrected chi connectivity index (χ0v) is 19.6. The van der Waals surface area contributed by atoms with E-state index >= 15 is 0 Å². The number of amides is 2. The van der Waals surface area contributed by atoms with Gasteiger partial charge in [0.1, 0.15) is 11.5 Å². The summed E-state index contributed by atoms with van der Waals surface area (Å²) in [5.41, 5.74) is 2.19. The second kappa shape index (κ2) is 9.73. The van der Waals surface area contributed by atoms with Gasteiger partial charge in [0.05, 0.1) is 17.3 Å². The minimum atomic E-state index is -0.810. The number of halogens is 2. The van der Waals surface area contributed by atoms with Crippen LogP contribution in [0.1, 0.15) is 19.4 Å². The van der Waals surface area contributed by atoms with E-state index in [2.05, 4.69) is 5.32 Å². The summed E-state index contributed by atoms with van der Waals surface area (Å²) in [5, 5.41) is 3.62. The first kappa shape index (κ1) is 23.0. The molecule has 1 aliphatic heterocycles. The third-order valence-electron chi connectivity index (χ3n) is 5.19. The van der Waals surface area contributed by atoms with E-state index in [1.807, 2.05) is 30.3 Å². The molecular weight excluding hydrogens is 463 g/mol. The van der Waals surface area contributed by atoms with Crippen molar-refractivity contribution in [2.45, 2.75) is 32.6 Å². The van der Waals surface area contributed by atoms with Gasteiger partial charge in [0.15, 0.2) is 12.2 Å². The van der Waals surface area contributed by atoms with Crippen LogP contribution in [0.15, 0.2) is 66.7 Å². The molecular formula is C25H22Cl2N2O4. The number of anilines is 2. The molecule has 0 aromatic heterocycles. The predicted molar refractivity (Wildman–Crippen MR) is 129 cm³/mol. The molecule has 0 spiro atoms. The molecule has 1 heterocycles. The van der Waals surface area contributed by atoms with Gasteiger partial charge in [-0.1, -0.05) is 53.5 Å². The molecule has 170 valence electrons. The molecule has 0 radical (unpaired) electrons. The van der Waals surface area contributed by atoms with Gasteiger partial charge in [-0.25, -0.2) is 0 Å². The number of nitrogens with zero attached hydrogens (tertiary/aromatic N) is 1. The van der Waals surface area contributed by atoms with E-state index in [0.29, 0.717) is 39.5 Å². The normalized spacial score (nSPS) is 15.9. The van der Waals surface area contributed by atoms with E-state index in [0.717, 1.165) is 5.56 Å². The Morgan fingerprint density at radius 2 is 1.88 bits per heavy atom. The van der Waals surface area contributed by atoms with Crippen LogP contribution >= 0.6 is 23.2 Å². The van der Waals surface area contributed by atoms with Crippen molar-refractivity contribution in [1.82, 2.24) is 0 Å². The molecule has 33 heavy (non-hydrogen) atoms. The van der Waals surface area contributed by atoms with E-state index < -0.39 is 12.2 Å². The number of carbonyl (C=O) groups excluding carboxylic acids is 2. The SMILES string of the molecule is CC(Oc1ccc(Cl)cc1Cl)C(=O)Nc1ccc2c(c1)OC(C)C(=O)N2Cc1ccccc1. The maximum atomic E-state index is 12.8. The number of fused-ring (bicyclic) bond motifs is 1. The van der Waals surface area contributed by atoms with Crippen molar-refractivity contribution < 1.29 is 19.1 Å². The monoisotopic (exact) mass is 484 g/mol. The first-order chi connectivity index (χ1) is 15.8. The zero-order chi connectivity index (χ0) is 23.5. The largest absolute Gasteiger partial charge is 0.479 e. The van der Waals surface area contributed by atoms with Crippen LogP contribution in [0.25, 0.3) is 0 Å². The Labute approximate surface area is 202 Å². The van der Waals surface area contributed by atoms with Crippen molar-refractivity contribution in [3.8, 4) is 11.5 Å². The van der Waals surface area contributed by atoms with Gasteiger partial charge in [0, 0.05) is 16.8 Å². The third kappa shape index (κ3) is 5.24. The fraction of sp³-hybridized carbons (Fsp3) is 0.200. The molecule has 0 saturated carbocycles. The Kier molecular flexibility index (Phi) is 6.77. The Morgan fingerprint density at radius 1 is 1.12 bits per heavy atom. The van der Waals surface area contributed by atoms with Gasteiger partial charge in [0.2, 0.25) is 0 Å². The molecule has 3 aromatic carbocycles. The maximum Gasteiger partial charge on any atom is 0.268 e. The van der Waals surface area contributed by atoms with E-state index in [4.69, 9.17) is 32.7 Å². The predicted octanol–water partition coefficient (Wildman–Crippen LogP) is 5.71. The molecule has 4 rings (SSSR count). The number of hydrogen-bond acceptors (Lipinski definition) is 4. The van der Waals surface area contributed by atoms with Gasteiger partial charge in [0.25, 0.3) is 11.8 Å². The molecule has 6 nitrogen and oxygen atoms in total. The van der Waals surface area contributed by atoms with Crippen molar-refractivity contribution in [2.75, 3.05) is 10.2 Å².